The number of benzene rings is 2. The van der Waals surface area contributed by atoms with Gasteiger partial charge < -0.3 is 9.47 Å². The van der Waals surface area contributed by atoms with E-state index in [-0.39, 0.29) is 17.5 Å². The molecular formula is C21H20N4O4. The number of carbonyl (C=O) groups is 1. The smallest absolute Gasteiger partial charge is 0.337 e. The number of hydrazone groups is 1. The van der Waals surface area contributed by atoms with E-state index in [2.05, 4.69) is 25.2 Å². The molecule has 0 atom stereocenters. The predicted octanol–water partition coefficient (Wildman–Crippen LogP) is 2.89. The van der Waals surface area contributed by atoms with Crippen molar-refractivity contribution in [3.63, 3.8) is 0 Å². The van der Waals surface area contributed by atoms with Crippen molar-refractivity contribution < 1.29 is 14.3 Å². The van der Waals surface area contributed by atoms with Crippen LogP contribution in [0, 0.1) is 6.92 Å². The van der Waals surface area contributed by atoms with Crippen molar-refractivity contribution in [1.29, 1.82) is 0 Å². The highest BCUT2D eigenvalue weighted by molar-refractivity contribution is 5.89. The van der Waals surface area contributed by atoms with Crippen LogP contribution in [0.4, 0.5) is 5.95 Å². The van der Waals surface area contributed by atoms with Crippen molar-refractivity contribution in [2.75, 3.05) is 12.5 Å². The largest absolute Gasteiger partial charge is 0.488 e. The minimum atomic E-state index is -0.379. The van der Waals surface area contributed by atoms with Gasteiger partial charge in [-0.2, -0.15) is 5.10 Å². The van der Waals surface area contributed by atoms with Gasteiger partial charge in [-0.1, -0.05) is 24.3 Å². The molecule has 0 aliphatic rings. The molecule has 0 unspecified atom stereocenters. The van der Waals surface area contributed by atoms with E-state index in [4.69, 9.17) is 4.74 Å². The number of hydrogen-bond acceptors (Lipinski definition) is 7. The first-order valence-corrected chi connectivity index (χ1v) is 8.81. The number of H-pyrrole nitrogens is 1. The van der Waals surface area contributed by atoms with Gasteiger partial charge in [0, 0.05) is 17.3 Å². The van der Waals surface area contributed by atoms with Crippen LogP contribution in [0.2, 0.25) is 0 Å². The van der Waals surface area contributed by atoms with E-state index in [0.29, 0.717) is 23.6 Å². The van der Waals surface area contributed by atoms with Crippen LogP contribution in [0.5, 0.6) is 5.75 Å². The fourth-order valence-electron chi connectivity index (χ4n) is 2.53. The number of nitrogens with one attached hydrogen (secondary N) is 2. The summed E-state index contributed by atoms with van der Waals surface area (Å²) in [5, 5.41) is 4.11. The number of aromatic nitrogens is 2. The molecule has 3 rings (SSSR count). The van der Waals surface area contributed by atoms with Crippen LogP contribution >= 0.6 is 0 Å². The Kier molecular flexibility index (Phi) is 6.36. The first-order chi connectivity index (χ1) is 14.0. The fraction of sp³-hybridized carbons (Fsp3) is 0.143. The number of methoxy groups -OCH3 is 1. The molecule has 3 aromatic rings. The maximum Gasteiger partial charge on any atom is 0.337 e. The van der Waals surface area contributed by atoms with Crippen molar-refractivity contribution in [3.05, 3.63) is 87.3 Å². The molecule has 0 bridgehead atoms. The van der Waals surface area contributed by atoms with E-state index < -0.39 is 0 Å². The number of anilines is 1. The maximum absolute atomic E-state index is 11.5. The number of aryl methyl sites for hydroxylation is 1. The lowest BCUT2D eigenvalue weighted by Gasteiger charge is -2.09. The molecule has 2 aromatic carbocycles. The number of para-hydroxylation sites is 1. The topological polar surface area (TPSA) is 106 Å². The Morgan fingerprint density at radius 1 is 1.21 bits per heavy atom. The van der Waals surface area contributed by atoms with Crippen molar-refractivity contribution >= 4 is 18.1 Å². The van der Waals surface area contributed by atoms with Crippen LogP contribution in [-0.4, -0.2) is 29.3 Å². The number of hydrogen-bond donors (Lipinski definition) is 2. The van der Waals surface area contributed by atoms with Crippen molar-refractivity contribution in [2.45, 2.75) is 13.5 Å². The molecule has 0 amide bonds. The molecule has 0 radical (unpaired) electrons. The summed E-state index contributed by atoms with van der Waals surface area (Å²) in [6.07, 6.45) is 1.58. The first-order valence-electron chi connectivity index (χ1n) is 8.81. The van der Waals surface area contributed by atoms with Crippen LogP contribution in [0.1, 0.15) is 27.2 Å². The maximum atomic E-state index is 11.5. The second-order valence-corrected chi connectivity index (χ2v) is 6.12. The third-order valence-corrected chi connectivity index (χ3v) is 3.93. The molecule has 0 saturated heterocycles. The van der Waals surface area contributed by atoms with Gasteiger partial charge in [-0.15, -0.1) is 0 Å². The molecule has 29 heavy (non-hydrogen) atoms. The highest BCUT2D eigenvalue weighted by atomic mass is 16.5. The second kappa shape index (κ2) is 9.32. The molecule has 0 aliphatic carbocycles. The van der Waals surface area contributed by atoms with Crippen LogP contribution < -0.4 is 15.7 Å². The molecule has 0 aliphatic heterocycles. The summed E-state index contributed by atoms with van der Waals surface area (Å²) in [7, 11) is 1.35. The third-order valence-electron chi connectivity index (χ3n) is 3.93. The molecule has 2 N–H and O–H groups in total. The lowest BCUT2D eigenvalue weighted by molar-refractivity contribution is 0.0600. The SMILES string of the molecule is COC(=O)c1ccc(COc2ccccc2/C=N/Nc2nc(C)cc(=O)[nH]2)cc1. The van der Waals surface area contributed by atoms with E-state index in [1.165, 1.54) is 13.2 Å². The van der Waals surface area contributed by atoms with Gasteiger partial charge in [0.1, 0.15) is 12.4 Å². The molecule has 0 spiro atoms. The Morgan fingerprint density at radius 2 is 1.97 bits per heavy atom. The average molecular weight is 392 g/mol. The Hall–Kier alpha value is -3.94. The van der Waals surface area contributed by atoms with E-state index in [1.807, 2.05) is 36.4 Å². The van der Waals surface area contributed by atoms with Gasteiger partial charge in [0.15, 0.2) is 0 Å². The van der Waals surface area contributed by atoms with Gasteiger partial charge >= 0.3 is 5.97 Å². The van der Waals surface area contributed by atoms with E-state index >= 15 is 0 Å². The summed E-state index contributed by atoms with van der Waals surface area (Å²) in [6.45, 7) is 2.05. The van der Waals surface area contributed by atoms with Crippen LogP contribution in [0.3, 0.4) is 0 Å². The monoisotopic (exact) mass is 392 g/mol. The normalized spacial score (nSPS) is 10.7. The van der Waals surface area contributed by atoms with Gasteiger partial charge in [-0.25, -0.2) is 15.2 Å². The Bertz CT molecular complexity index is 1070. The van der Waals surface area contributed by atoms with Gasteiger partial charge in [-0.3, -0.25) is 9.78 Å². The summed E-state index contributed by atoms with van der Waals surface area (Å²) >= 11 is 0. The van der Waals surface area contributed by atoms with Crippen molar-refractivity contribution in [2.24, 2.45) is 5.10 Å². The lowest BCUT2D eigenvalue weighted by atomic mass is 10.1. The van der Waals surface area contributed by atoms with Crippen molar-refractivity contribution in [1.82, 2.24) is 9.97 Å². The van der Waals surface area contributed by atoms with Crippen LogP contribution in [-0.2, 0) is 11.3 Å². The van der Waals surface area contributed by atoms with Crippen LogP contribution in [0.15, 0.2) is 64.5 Å². The summed E-state index contributed by atoms with van der Waals surface area (Å²) in [4.78, 5) is 29.7. The Balaban J connectivity index is 1.65. The highest BCUT2D eigenvalue weighted by Crippen LogP contribution is 2.18. The second-order valence-electron chi connectivity index (χ2n) is 6.12. The summed E-state index contributed by atoms with van der Waals surface area (Å²) in [5.74, 6) is 0.520. The molecule has 148 valence electrons. The number of rotatable bonds is 7. The molecule has 0 fully saturated rings. The molecule has 0 saturated carbocycles. The molecule has 8 nitrogen and oxygen atoms in total. The lowest BCUT2D eigenvalue weighted by Crippen LogP contribution is -2.10. The number of carbonyl (C=O) groups excluding carboxylic acids is 1. The van der Waals surface area contributed by atoms with Gasteiger partial charge in [-0.05, 0) is 36.8 Å². The average Bonchev–Trinajstić information content (AvgIpc) is 2.72. The zero-order chi connectivity index (χ0) is 20.6. The van der Waals surface area contributed by atoms with E-state index in [9.17, 15) is 9.59 Å². The summed E-state index contributed by atoms with van der Waals surface area (Å²) in [5.41, 5.74) is 5.18. The zero-order valence-electron chi connectivity index (χ0n) is 16.0. The minimum Gasteiger partial charge on any atom is -0.488 e. The van der Waals surface area contributed by atoms with Crippen LogP contribution in [0.25, 0.3) is 0 Å². The standard InChI is InChI=1S/C21H20N4O4/c1-14-11-19(26)24-21(23-14)25-22-12-17-5-3-4-6-18(17)29-13-15-7-9-16(10-8-15)20(27)28-2/h3-12H,13H2,1-2H3,(H2,23,24,25,26)/b22-12+. The number of ether oxygens (including phenoxy) is 2. The number of esters is 1. The number of aromatic amines is 1. The molecular weight excluding hydrogens is 372 g/mol. The van der Waals surface area contributed by atoms with Gasteiger partial charge in [0.25, 0.3) is 5.56 Å². The quantitative estimate of drug-likeness (QED) is 0.364. The van der Waals surface area contributed by atoms with Crippen molar-refractivity contribution in [3.8, 4) is 5.75 Å². The van der Waals surface area contributed by atoms with Gasteiger partial charge in [0.05, 0.1) is 18.9 Å². The minimum absolute atomic E-state index is 0.253. The molecule has 1 heterocycles. The van der Waals surface area contributed by atoms with Gasteiger partial charge in [0.2, 0.25) is 5.95 Å². The predicted molar refractivity (Wildman–Crippen MR) is 109 cm³/mol. The molecule has 1 aromatic heterocycles. The summed E-state index contributed by atoms with van der Waals surface area (Å²) < 4.78 is 10.6. The Labute approximate surface area is 167 Å². The van der Waals surface area contributed by atoms with E-state index in [0.717, 1.165) is 11.1 Å². The fourth-order valence-corrected chi connectivity index (χ4v) is 2.53. The molecule has 8 heteroatoms. The Morgan fingerprint density at radius 3 is 2.69 bits per heavy atom. The highest BCUT2D eigenvalue weighted by Gasteiger charge is 2.06. The number of nitrogens with zero attached hydrogens (tertiary/aromatic N) is 2. The third kappa shape index (κ3) is 5.52. The summed E-state index contributed by atoms with van der Waals surface area (Å²) in [6, 6.07) is 15.8. The zero-order valence-corrected chi connectivity index (χ0v) is 16.0. The van der Waals surface area contributed by atoms with E-state index in [1.54, 1.807) is 25.3 Å². The first kappa shape index (κ1) is 19.8.